The van der Waals surface area contributed by atoms with Gasteiger partial charge in [0.1, 0.15) is 28.4 Å². The second kappa shape index (κ2) is 6.61. The monoisotopic (exact) mass is 420 g/mol. The maximum Gasteiger partial charge on any atom is 0.195 e. The Balaban J connectivity index is 1.87. The lowest BCUT2D eigenvalue weighted by molar-refractivity contribution is -0.0142. The third kappa shape index (κ3) is 2.70. The molecule has 0 unspecified atom stereocenters. The molecule has 5 rings (SSSR count). The molecule has 2 aromatic carbocycles. The summed E-state index contributed by atoms with van der Waals surface area (Å²) < 4.78 is 18.3. The molecular weight excluding hydrogens is 396 g/mol. The Kier molecular flexibility index (Phi) is 4.19. The number of hydrogen-bond acceptors (Lipinski definition) is 6. The summed E-state index contributed by atoms with van der Waals surface area (Å²) in [5.74, 6) is 0.388. The van der Waals surface area contributed by atoms with Gasteiger partial charge in [-0.15, -0.1) is 0 Å². The van der Waals surface area contributed by atoms with Crippen LogP contribution in [-0.4, -0.2) is 23.1 Å². The number of hydrogen-bond donors (Lipinski definition) is 1. The van der Waals surface area contributed by atoms with E-state index in [-0.39, 0.29) is 40.8 Å². The van der Waals surface area contributed by atoms with Crippen LogP contribution in [0, 0.1) is 12.8 Å². The molecule has 0 saturated heterocycles. The maximum absolute atomic E-state index is 12.8. The van der Waals surface area contributed by atoms with Crippen LogP contribution in [0.15, 0.2) is 39.7 Å². The number of fused-ring (bicyclic) bond motifs is 7. The second-order valence-electron chi connectivity index (χ2n) is 8.85. The summed E-state index contributed by atoms with van der Waals surface area (Å²) in [6, 6.07) is 6.86. The van der Waals surface area contributed by atoms with Gasteiger partial charge in [0, 0.05) is 34.9 Å². The van der Waals surface area contributed by atoms with Gasteiger partial charge in [0.25, 0.3) is 0 Å². The van der Waals surface area contributed by atoms with Crippen molar-refractivity contribution in [3.63, 3.8) is 0 Å². The Morgan fingerprint density at radius 3 is 2.65 bits per heavy atom. The molecule has 0 spiro atoms. The minimum absolute atomic E-state index is 0.0749. The first-order valence-corrected chi connectivity index (χ1v) is 10.5. The summed E-state index contributed by atoms with van der Waals surface area (Å²) in [7, 11) is 0. The lowest BCUT2D eigenvalue weighted by Crippen LogP contribution is -2.49. The molecular formula is C25H24O6. The van der Waals surface area contributed by atoms with E-state index in [2.05, 4.69) is 0 Å². The minimum atomic E-state index is -0.606. The van der Waals surface area contributed by atoms with Crippen LogP contribution in [0.2, 0.25) is 0 Å². The van der Waals surface area contributed by atoms with Crippen molar-refractivity contribution >= 4 is 16.8 Å². The first-order chi connectivity index (χ1) is 14.7. The first kappa shape index (κ1) is 19.7. The van der Waals surface area contributed by atoms with Gasteiger partial charge in [0.05, 0.1) is 23.8 Å². The van der Waals surface area contributed by atoms with E-state index in [9.17, 15) is 14.7 Å². The van der Waals surface area contributed by atoms with Gasteiger partial charge in [0.15, 0.2) is 11.2 Å². The molecule has 0 saturated carbocycles. The van der Waals surface area contributed by atoms with E-state index in [1.807, 2.05) is 13.8 Å². The van der Waals surface area contributed by atoms with Crippen LogP contribution in [0.3, 0.4) is 0 Å². The molecule has 0 fully saturated rings. The molecule has 0 radical (unpaired) electrons. The molecule has 2 aliphatic rings. The highest BCUT2D eigenvalue weighted by molar-refractivity contribution is 5.99. The predicted octanol–water partition coefficient (Wildman–Crippen LogP) is 4.71. The van der Waals surface area contributed by atoms with Crippen LogP contribution in [0.4, 0.5) is 0 Å². The fourth-order valence-corrected chi connectivity index (χ4v) is 4.90. The topological polar surface area (TPSA) is 86.0 Å². The van der Waals surface area contributed by atoms with Gasteiger partial charge in [-0.2, -0.15) is 0 Å². The van der Waals surface area contributed by atoms with Crippen LogP contribution in [0.25, 0.3) is 11.0 Å². The lowest BCUT2D eigenvalue weighted by Gasteiger charge is -2.47. The Morgan fingerprint density at radius 2 is 1.90 bits per heavy atom. The molecule has 6 heteroatoms. The van der Waals surface area contributed by atoms with Gasteiger partial charge in [-0.1, -0.05) is 6.92 Å². The molecule has 1 N–H and O–H groups in total. The Morgan fingerprint density at radius 1 is 1.16 bits per heavy atom. The highest BCUT2D eigenvalue weighted by atomic mass is 16.5. The van der Waals surface area contributed by atoms with E-state index in [0.29, 0.717) is 45.8 Å². The number of rotatable bonds is 2. The number of carbonyl (C=O) groups is 1. The number of ether oxygens (including phenoxy) is 2. The van der Waals surface area contributed by atoms with Crippen molar-refractivity contribution in [3.8, 4) is 17.2 Å². The zero-order valence-electron chi connectivity index (χ0n) is 17.9. The molecule has 2 aliphatic heterocycles. The predicted molar refractivity (Wildman–Crippen MR) is 115 cm³/mol. The minimum Gasteiger partial charge on any atom is -0.507 e. The first-order valence-electron chi connectivity index (χ1n) is 10.5. The Bertz CT molecular complexity index is 1300. The average Bonchev–Trinajstić information content (AvgIpc) is 2.74. The van der Waals surface area contributed by atoms with Crippen molar-refractivity contribution < 1.29 is 23.8 Å². The molecule has 3 aromatic rings. The van der Waals surface area contributed by atoms with E-state index in [1.54, 1.807) is 38.1 Å². The van der Waals surface area contributed by atoms with E-state index < -0.39 is 5.60 Å². The quantitative estimate of drug-likeness (QED) is 0.604. The van der Waals surface area contributed by atoms with Gasteiger partial charge in [0.2, 0.25) is 0 Å². The lowest BCUT2D eigenvalue weighted by atomic mass is 9.69. The molecule has 0 aliphatic carbocycles. The van der Waals surface area contributed by atoms with Crippen LogP contribution in [0.1, 0.15) is 60.2 Å². The average molecular weight is 420 g/mol. The van der Waals surface area contributed by atoms with Gasteiger partial charge in [-0.25, -0.2) is 0 Å². The van der Waals surface area contributed by atoms with Crippen LogP contribution < -0.4 is 14.9 Å². The van der Waals surface area contributed by atoms with Gasteiger partial charge in [-0.3, -0.25) is 9.59 Å². The fraction of sp³-hybridized carbons (Fsp3) is 0.360. The zero-order valence-corrected chi connectivity index (χ0v) is 17.9. The van der Waals surface area contributed by atoms with Crippen molar-refractivity contribution in [2.45, 2.75) is 45.6 Å². The summed E-state index contributed by atoms with van der Waals surface area (Å²) in [6.07, 6.45) is 1.74. The van der Waals surface area contributed by atoms with E-state index in [4.69, 9.17) is 13.9 Å². The van der Waals surface area contributed by atoms with Crippen LogP contribution in [-0.2, 0) is 0 Å². The smallest absolute Gasteiger partial charge is 0.195 e. The number of aromatic hydroxyl groups is 1. The molecule has 0 amide bonds. The molecule has 160 valence electrons. The molecule has 6 nitrogen and oxygen atoms in total. The second-order valence-corrected chi connectivity index (χ2v) is 8.85. The van der Waals surface area contributed by atoms with Gasteiger partial charge >= 0.3 is 0 Å². The van der Waals surface area contributed by atoms with E-state index in [0.717, 1.165) is 0 Å². The molecule has 1 aromatic heterocycles. The maximum atomic E-state index is 12.8. The van der Waals surface area contributed by atoms with Crippen molar-refractivity contribution in [3.05, 3.63) is 63.0 Å². The summed E-state index contributed by atoms with van der Waals surface area (Å²) in [5, 5.41) is 11.7. The van der Waals surface area contributed by atoms with Crippen molar-refractivity contribution in [2.24, 2.45) is 5.92 Å². The van der Waals surface area contributed by atoms with Crippen molar-refractivity contribution in [1.29, 1.82) is 0 Å². The zero-order chi connectivity index (χ0) is 22.1. The van der Waals surface area contributed by atoms with Crippen molar-refractivity contribution in [1.82, 2.24) is 0 Å². The highest BCUT2D eigenvalue weighted by Gasteiger charge is 2.50. The molecule has 2 atom stereocenters. The number of Topliss-reactive ketones (excluding diaryl/α,β-unsaturated/α-hetero) is 1. The fourth-order valence-electron chi connectivity index (χ4n) is 4.90. The number of ketones is 1. The largest absolute Gasteiger partial charge is 0.507 e. The number of benzene rings is 2. The molecule has 0 bridgehead atoms. The molecule has 31 heavy (non-hydrogen) atoms. The SMILES string of the molecule is CCC(=O)c1ccc2c(c1O)[C@H]1c3c(ccc4c(=O)c(C)coc34)OC[C@H]1C(C)(C)O2. The molecule has 3 heterocycles. The summed E-state index contributed by atoms with van der Waals surface area (Å²) in [4.78, 5) is 25.2. The standard InChI is InChI=1S/C25H24O6/c1-5-16(26)13-6-9-18-20(23(13)28)19-15(25(3,4)31-18)11-29-17-8-7-14-22(27)12(2)10-30-24(14)21(17)19/h6-10,15,19,28H,5,11H2,1-4H3/t15-,19+/m1/s1. The third-order valence-electron chi connectivity index (χ3n) is 6.62. The number of aryl methyl sites for hydroxylation is 1. The number of phenolic OH excluding ortho intramolecular Hbond substituents is 1. The van der Waals surface area contributed by atoms with E-state index >= 15 is 0 Å². The third-order valence-corrected chi connectivity index (χ3v) is 6.62. The summed E-state index contributed by atoms with van der Waals surface area (Å²) in [6.45, 7) is 7.81. The summed E-state index contributed by atoms with van der Waals surface area (Å²) in [5.41, 5.74) is 1.78. The van der Waals surface area contributed by atoms with Gasteiger partial charge in [-0.05, 0) is 45.0 Å². The number of carbonyl (C=O) groups excluding carboxylic acids is 1. The summed E-state index contributed by atoms with van der Waals surface area (Å²) >= 11 is 0. The van der Waals surface area contributed by atoms with Crippen LogP contribution in [0.5, 0.6) is 17.2 Å². The highest BCUT2D eigenvalue weighted by Crippen LogP contribution is 2.56. The Labute approximate surface area is 179 Å². The van der Waals surface area contributed by atoms with Crippen LogP contribution >= 0.6 is 0 Å². The van der Waals surface area contributed by atoms with Crippen molar-refractivity contribution in [2.75, 3.05) is 6.61 Å². The normalized spacial score (nSPS) is 20.8. The van der Waals surface area contributed by atoms with Gasteiger partial charge < -0.3 is 19.0 Å². The number of phenols is 1. The Hall–Kier alpha value is -3.28. The van der Waals surface area contributed by atoms with E-state index in [1.165, 1.54) is 6.26 Å².